The highest BCUT2D eigenvalue weighted by atomic mass is 32.1. The molecule has 0 amide bonds. The van der Waals surface area contributed by atoms with Crippen LogP contribution in [0.3, 0.4) is 0 Å². The van der Waals surface area contributed by atoms with Gasteiger partial charge in [0.2, 0.25) is 0 Å². The lowest BCUT2D eigenvalue weighted by atomic mass is 10.1. The predicted molar refractivity (Wildman–Crippen MR) is 87.9 cm³/mol. The molecule has 5 heteroatoms. The molecule has 1 heterocycles. The molecule has 1 unspecified atom stereocenters. The third-order valence-electron chi connectivity index (χ3n) is 3.47. The number of thiophene rings is 1. The lowest BCUT2D eigenvalue weighted by molar-refractivity contribution is -0.137. The number of aliphatic hydroxyl groups is 1. The maximum Gasteiger partial charge on any atom is 0.303 e. The molecule has 0 aliphatic carbocycles. The Hall–Kier alpha value is -1.69. The van der Waals surface area contributed by atoms with Crippen molar-refractivity contribution in [3.8, 4) is 0 Å². The van der Waals surface area contributed by atoms with Gasteiger partial charge in [0.1, 0.15) is 0 Å². The summed E-state index contributed by atoms with van der Waals surface area (Å²) in [4.78, 5) is 12.8. The molecular weight excluding hydrogens is 298 g/mol. The number of nitrogens with zero attached hydrogens (tertiary/aromatic N) is 1. The predicted octanol–water partition coefficient (Wildman–Crippen LogP) is 3.15. The molecule has 4 nitrogen and oxygen atoms in total. The fourth-order valence-electron chi connectivity index (χ4n) is 2.34. The van der Waals surface area contributed by atoms with Gasteiger partial charge in [0.15, 0.2) is 0 Å². The summed E-state index contributed by atoms with van der Waals surface area (Å²) in [6.07, 6.45) is 0.193. The normalized spacial score (nSPS) is 12.5. The van der Waals surface area contributed by atoms with Gasteiger partial charge in [0, 0.05) is 19.5 Å². The van der Waals surface area contributed by atoms with Crippen LogP contribution in [0.5, 0.6) is 0 Å². The van der Waals surface area contributed by atoms with Gasteiger partial charge in [-0.25, -0.2) is 0 Å². The first kappa shape index (κ1) is 16.7. The van der Waals surface area contributed by atoms with E-state index in [1.165, 1.54) is 0 Å². The van der Waals surface area contributed by atoms with Gasteiger partial charge >= 0.3 is 5.97 Å². The molecule has 1 atom stereocenters. The molecule has 118 valence electrons. The third kappa shape index (κ3) is 5.60. The summed E-state index contributed by atoms with van der Waals surface area (Å²) in [6, 6.07) is 12.0. The monoisotopic (exact) mass is 319 g/mol. The van der Waals surface area contributed by atoms with Crippen LogP contribution in [0.1, 0.15) is 30.1 Å². The highest BCUT2D eigenvalue weighted by Gasteiger charge is 2.14. The van der Waals surface area contributed by atoms with Crippen molar-refractivity contribution in [2.75, 3.05) is 13.1 Å². The van der Waals surface area contributed by atoms with Crippen molar-refractivity contribution in [1.29, 1.82) is 0 Å². The fraction of sp³-hybridized carbons (Fsp3) is 0.353. The van der Waals surface area contributed by atoms with Crippen molar-refractivity contribution in [2.24, 2.45) is 0 Å². The van der Waals surface area contributed by atoms with Gasteiger partial charge in [-0.05, 0) is 40.9 Å². The molecule has 1 aromatic carbocycles. The Bertz CT molecular complexity index is 557. The van der Waals surface area contributed by atoms with Crippen molar-refractivity contribution in [1.82, 2.24) is 4.90 Å². The van der Waals surface area contributed by atoms with Crippen LogP contribution >= 0.6 is 11.3 Å². The van der Waals surface area contributed by atoms with Crippen LogP contribution in [0.4, 0.5) is 0 Å². The van der Waals surface area contributed by atoms with Crippen LogP contribution in [0.25, 0.3) is 0 Å². The highest BCUT2D eigenvalue weighted by molar-refractivity contribution is 7.07. The Morgan fingerprint density at radius 1 is 1.23 bits per heavy atom. The average Bonchev–Trinajstić information content (AvgIpc) is 3.02. The number of carbonyl (C=O) groups is 1. The van der Waals surface area contributed by atoms with Crippen LogP contribution < -0.4 is 0 Å². The zero-order chi connectivity index (χ0) is 15.8. The molecule has 0 aliphatic rings. The van der Waals surface area contributed by atoms with Crippen molar-refractivity contribution >= 4 is 17.3 Å². The maximum absolute atomic E-state index is 10.7. The first-order chi connectivity index (χ1) is 10.6. The van der Waals surface area contributed by atoms with Crippen LogP contribution in [0.2, 0.25) is 0 Å². The summed E-state index contributed by atoms with van der Waals surface area (Å²) < 4.78 is 0. The Morgan fingerprint density at radius 3 is 2.64 bits per heavy atom. The van der Waals surface area contributed by atoms with Crippen LogP contribution in [-0.2, 0) is 11.3 Å². The second-order valence-electron chi connectivity index (χ2n) is 5.29. The molecule has 0 saturated heterocycles. The van der Waals surface area contributed by atoms with Gasteiger partial charge in [-0.3, -0.25) is 9.69 Å². The zero-order valence-electron chi connectivity index (χ0n) is 12.4. The van der Waals surface area contributed by atoms with E-state index in [1.807, 2.05) is 47.2 Å². The van der Waals surface area contributed by atoms with Gasteiger partial charge in [-0.2, -0.15) is 11.3 Å². The number of carboxylic acid groups (broad SMARTS) is 1. The number of aliphatic hydroxyl groups excluding tert-OH is 1. The number of aliphatic carboxylic acids is 1. The van der Waals surface area contributed by atoms with Gasteiger partial charge in [0.05, 0.1) is 6.10 Å². The van der Waals surface area contributed by atoms with E-state index in [9.17, 15) is 9.90 Å². The summed E-state index contributed by atoms with van der Waals surface area (Å²) in [7, 11) is 0. The minimum atomic E-state index is -0.780. The smallest absolute Gasteiger partial charge is 0.303 e. The Labute approximate surface area is 134 Å². The first-order valence-corrected chi connectivity index (χ1v) is 8.27. The number of hydrogen-bond donors (Lipinski definition) is 2. The van der Waals surface area contributed by atoms with E-state index in [0.717, 1.165) is 11.1 Å². The maximum atomic E-state index is 10.7. The molecule has 2 aromatic rings. The lowest BCUT2D eigenvalue weighted by Gasteiger charge is -2.24. The van der Waals surface area contributed by atoms with Gasteiger partial charge in [0.25, 0.3) is 0 Å². The molecular formula is C17H21NO3S. The molecule has 0 fully saturated rings. The van der Waals surface area contributed by atoms with E-state index in [-0.39, 0.29) is 6.42 Å². The van der Waals surface area contributed by atoms with Crippen LogP contribution in [0, 0.1) is 0 Å². The Balaban J connectivity index is 1.95. The summed E-state index contributed by atoms with van der Waals surface area (Å²) in [5, 5.41) is 23.0. The van der Waals surface area contributed by atoms with E-state index in [2.05, 4.69) is 4.90 Å². The van der Waals surface area contributed by atoms with Gasteiger partial charge in [-0.15, -0.1) is 0 Å². The molecule has 1 aromatic heterocycles. The molecule has 2 N–H and O–H groups in total. The number of hydrogen-bond acceptors (Lipinski definition) is 4. The van der Waals surface area contributed by atoms with Gasteiger partial charge < -0.3 is 10.2 Å². The molecule has 0 bridgehead atoms. The number of benzene rings is 1. The van der Waals surface area contributed by atoms with E-state index >= 15 is 0 Å². The third-order valence-corrected chi connectivity index (χ3v) is 4.17. The topological polar surface area (TPSA) is 60.8 Å². The molecule has 0 saturated carbocycles. The lowest BCUT2D eigenvalue weighted by Crippen LogP contribution is -2.29. The van der Waals surface area contributed by atoms with Crippen LogP contribution in [0.15, 0.2) is 47.2 Å². The van der Waals surface area contributed by atoms with Crippen molar-refractivity contribution in [3.05, 3.63) is 58.3 Å². The SMILES string of the molecule is O=C(O)CCCN(Cc1ccccc1)CC(O)c1ccsc1. The summed E-state index contributed by atoms with van der Waals surface area (Å²) in [5.41, 5.74) is 2.08. The molecule has 22 heavy (non-hydrogen) atoms. The second kappa shape index (κ2) is 8.68. The highest BCUT2D eigenvalue weighted by Crippen LogP contribution is 2.18. The van der Waals surface area contributed by atoms with Crippen molar-refractivity contribution < 1.29 is 15.0 Å². The van der Waals surface area contributed by atoms with E-state index in [4.69, 9.17) is 5.11 Å². The van der Waals surface area contributed by atoms with Crippen molar-refractivity contribution in [3.63, 3.8) is 0 Å². The minimum Gasteiger partial charge on any atom is -0.481 e. The fourth-order valence-corrected chi connectivity index (χ4v) is 3.05. The zero-order valence-corrected chi connectivity index (χ0v) is 13.2. The summed E-state index contributed by atoms with van der Waals surface area (Å²) in [6.45, 7) is 1.87. The summed E-state index contributed by atoms with van der Waals surface area (Å²) in [5.74, 6) is -0.780. The van der Waals surface area contributed by atoms with Gasteiger partial charge in [-0.1, -0.05) is 30.3 Å². The molecule has 0 spiro atoms. The minimum absolute atomic E-state index is 0.153. The Kier molecular flexibility index (Phi) is 6.58. The van der Waals surface area contributed by atoms with E-state index in [0.29, 0.717) is 26.1 Å². The standard InChI is InChI=1S/C17H21NO3S/c19-16(15-8-10-22-13-15)12-18(9-4-7-17(20)21)11-14-5-2-1-3-6-14/h1-3,5-6,8,10,13,16,19H,4,7,9,11-12H2,(H,20,21). The molecule has 0 aliphatic heterocycles. The first-order valence-electron chi connectivity index (χ1n) is 7.33. The number of rotatable bonds is 9. The largest absolute Gasteiger partial charge is 0.481 e. The number of carboxylic acids is 1. The average molecular weight is 319 g/mol. The Morgan fingerprint density at radius 2 is 2.00 bits per heavy atom. The quantitative estimate of drug-likeness (QED) is 0.745. The molecule has 0 radical (unpaired) electrons. The molecule has 2 rings (SSSR count). The van der Waals surface area contributed by atoms with E-state index in [1.54, 1.807) is 11.3 Å². The summed E-state index contributed by atoms with van der Waals surface area (Å²) >= 11 is 1.56. The second-order valence-corrected chi connectivity index (χ2v) is 6.07. The van der Waals surface area contributed by atoms with Crippen LogP contribution in [-0.4, -0.2) is 34.2 Å². The van der Waals surface area contributed by atoms with E-state index < -0.39 is 12.1 Å². The van der Waals surface area contributed by atoms with Crippen molar-refractivity contribution in [2.45, 2.75) is 25.5 Å².